The number of nitrogens with one attached hydrogen (secondary N) is 1. The molecular formula is C23H27N3O4. The lowest BCUT2D eigenvalue weighted by molar-refractivity contribution is 0.0689. The van der Waals surface area contributed by atoms with E-state index in [2.05, 4.69) is 10.5 Å². The van der Waals surface area contributed by atoms with Gasteiger partial charge in [-0.2, -0.15) is 5.10 Å². The van der Waals surface area contributed by atoms with Crippen molar-refractivity contribution in [3.8, 4) is 5.75 Å². The minimum Gasteiger partial charge on any atom is -0.496 e. The van der Waals surface area contributed by atoms with Gasteiger partial charge in [0.1, 0.15) is 11.5 Å². The molecular weight excluding hydrogens is 382 g/mol. The molecule has 30 heavy (non-hydrogen) atoms. The van der Waals surface area contributed by atoms with E-state index in [-0.39, 0.29) is 11.8 Å². The molecule has 1 aromatic carbocycles. The van der Waals surface area contributed by atoms with Gasteiger partial charge in [0.05, 0.1) is 18.4 Å². The quantitative estimate of drug-likeness (QED) is 0.781. The third-order valence-electron chi connectivity index (χ3n) is 5.81. The number of hydrogen-bond acceptors (Lipinski definition) is 5. The van der Waals surface area contributed by atoms with Gasteiger partial charge in [-0.15, -0.1) is 0 Å². The van der Waals surface area contributed by atoms with Crippen molar-refractivity contribution in [1.29, 1.82) is 0 Å². The third-order valence-corrected chi connectivity index (χ3v) is 5.81. The first kappa shape index (κ1) is 20.2. The monoisotopic (exact) mass is 409 g/mol. The van der Waals surface area contributed by atoms with Crippen LogP contribution < -0.4 is 10.2 Å². The Morgan fingerprint density at radius 2 is 1.87 bits per heavy atom. The van der Waals surface area contributed by atoms with E-state index in [1.807, 2.05) is 17.9 Å². The van der Waals surface area contributed by atoms with Crippen LogP contribution in [-0.2, 0) is 6.42 Å². The van der Waals surface area contributed by atoms with Gasteiger partial charge >= 0.3 is 0 Å². The standard InChI is InChI=1S/C23H27N3O4/c1-15-20-17(24-25-22(27)16-9-4-5-11-18(16)29-2)10-8-12-19(20)30-21(15)23(28)26-13-6-3-7-14-26/h4-5,9,11H,3,6-8,10,12-14H2,1-2H3,(H,25,27)/b24-17+. The summed E-state index contributed by atoms with van der Waals surface area (Å²) < 4.78 is 11.3. The van der Waals surface area contributed by atoms with Crippen LogP contribution in [0.5, 0.6) is 5.75 Å². The van der Waals surface area contributed by atoms with Crippen molar-refractivity contribution in [2.75, 3.05) is 20.2 Å². The van der Waals surface area contributed by atoms with Crippen molar-refractivity contribution in [3.05, 3.63) is 52.5 Å². The van der Waals surface area contributed by atoms with Gasteiger partial charge in [0.25, 0.3) is 11.8 Å². The van der Waals surface area contributed by atoms with E-state index in [1.165, 1.54) is 13.5 Å². The Morgan fingerprint density at radius 3 is 2.63 bits per heavy atom. The number of aryl methyl sites for hydroxylation is 1. The molecule has 1 aliphatic heterocycles. The van der Waals surface area contributed by atoms with Gasteiger partial charge in [-0.1, -0.05) is 12.1 Å². The number of fused-ring (bicyclic) bond motifs is 1. The average Bonchev–Trinajstić information content (AvgIpc) is 3.14. The fourth-order valence-electron chi connectivity index (χ4n) is 4.24. The lowest BCUT2D eigenvalue weighted by Gasteiger charge is -2.25. The highest BCUT2D eigenvalue weighted by Gasteiger charge is 2.30. The lowest BCUT2D eigenvalue weighted by Crippen LogP contribution is -2.35. The van der Waals surface area contributed by atoms with Crippen LogP contribution in [0.15, 0.2) is 33.8 Å². The Morgan fingerprint density at radius 1 is 1.10 bits per heavy atom. The van der Waals surface area contributed by atoms with Crippen LogP contribution in [0.25, 0.3) is 0 Å². The van der Waals surface area contributed by atoms with Gasteiger partial charge in [-0.25, -0.2) is 5.43 Å². The molecule has 1 N–H and O–H groups in total. The molecule has 1 aromatic heterocycles. The Kier molecular flexibility index (Phi) is 5.88. The number of hydrazone groups is 1. The number of hydrogen-bond donors (Lipinski definition) is 1. The molecule has 1 saturated heterocycles. The van der Waals surface area contributed by atoms with Crippen molar-refractivity contribution in [2.24, 2.45) is 5.10 Å². The number of benzene rings is 1. The fraction of sp³-hybridized carbons (Fsp3) is 0.435. The number of methoxy groups -OCH3 is 1. The summed E-state index contributed by atoms with van der Waals surface area (Å²) in [5, 5.41) is 4.40. The molecule has 2 aliphatic rings. The summed E-state index contributed by atoms with van der Waals surface area (Å²) in [5.74, 6) is 1.31. The first-order valence-corrected chi connectivity index (χ1v) is 10.5. The van der Waals surface area contributed by atoms with Crippen LogP contribution in [0.4, 0.5) is 0 Å². The minimum absolute atomic E-state index is 0.0426. The molecule has 1 aliphatic carbocycles. The minimum atomic E-state index is -0.335. The third kappa shape index (κ3) is 3.84. The Hall–Kier alpha value is -3.09. The highest BCUT2D eigenvalue weighted by Crippen LogP contribution is 2.31. The Labute approximate surface area is 176 Å². The van der Waals surface area contributed by atoms with E-state index in [9.17, 15) is 9.59 Å². The van der Waals surface area contributed by atoms with Crippen molar-refractivity contribution in [3.63, 3.8) is 0 Å². The number of rotatable bonds is 4. The summed E-state index contributed by atoms with van der Waals surface area (Å²) in [6.07, 6.45) is 5.58. The van der Waals surface area contributed by atoms with Gasteiger partial charge in [0, 0.05) is 30.6 Å². The summed E-state index contributed by atoms with van der Waals surface area (Å²) in [4.78, 5) is 27.5. The first-order chi connectivity index (χ1) is 14.6. The van der Waals surface area contributed by atoms with Crippen molar-refractivity contribution in [1.82, 2.24) is 10.3 Å². The first-order valence-electron chi connectivity index (χ1n) is 10.5. The van der Waals surface area contributed by atoms with E-state index in [4.69, 9.17) is 9.15 Å². The zero-order valence-corrected chi connectivity index (χ0v) is 17.5. The van der Waals surface area contributed by atoms with Crippen LogP contribution in [0.1, 0.15) is 69.9 Å². The van der Waals surface area contributed by atoms with Crippen molar-refractivity contribution < 1.29 is 18.7 Å². The second-order valence-corrected chi connectivity index (χ2v) is 7.76. The average molecular weight is 409 g/mol. The molecule has 0 unspecified atom stereocenters. The number of ether oxygens (including phenoxy) is 1. The van der Waals surface area contributed by atoms with E-state index in [0.717, 1.165) is 67.8 Å². The van der Waals surface area contributed by atoms with Crippen LogP contribution >= 0.6 is 0 Å². The van der Waals surface area contributed by atoms with E-state index in [0.29, 0.717) is 17.1 Å². The smallest absolute Gasteiger partial charge is 0.289 e. The predicted molar refractivity (Wildman–Crippen MR) is 113 cm³/mol. The highest BCUT2D eigenvalue weighted by atomic mass is 16.5. The number of carbonyl (C=O) groups excluding carboxylic acids is 2. The molecule has 4 rings (SSSR count). The Bertz CT molecular complexity index is 986. The topological polar surface area (TPSA) is 84.1 Å². The van der Waals surface area contributed by atoms with Gasteiger partial charge in [0.15, 0.2) is 5.76 Å². The molecule has 0 spiro atoms. The van der Waals surface area contributed by atoms with Crippen LogP contribution in [-0.4, -0.2) is 42.6 Å². The molecule has 2 heterocycles. The van der Waals surface area contributed by atoms with Crippen LogP contribution in [0.2, 0.25) is 0 Å². The lowest BCUT2D eigenvalue weighted by atomic mass is 9.93. The van der Waals surface area contributed by atoms with Gasteiger partial charge in [0.2, 0.25) is 0 Å². The summed E-state index contributed by atoms with van der Waals surface area (Å²) in [6, 6.07) is 7.02. The molecule has 158 valence electrons. The van der Waals surface area contributed by atoms with Crippen molar-refractivity contribution in [2.45, 2.75) is 45.4 Å². The number of nitrogens with zero attached hydrogens (tertiary/aromatic N) is 2. The zero-order chi connectivity index (χ0) is 21.1. The molecule has 7 nitrogen and oxygen atoms in total. The highest BCUT2D eigenvalue weighted by molar-refractivity contribution is 6.07. The molecule has 0 saturated carbocycles. The number of furan rings is 1. The molecule has 0 bridgehead atoms. The van der Waals surface area contributed by atoms with Crippen LogP contribution in [0.3, 0.4) is 0 Å². The zero-order valence-electron chi connectivity index (χ0n) is 17.5. The summed E-state index contributed by atoms with van der Waals surface area (Å²) in [7, 11) is 1.53. The number of para-hydroxylation sites is 1. The molecule has 7 heteroatoms. The predicted octanol–water partition coefficient (Wildman–Crippen LogP) is 3.69. The van der Waals surface area contributed by atoms with Gasteiger partial charge in [-0.3, -0.25) is 9.59 Å². The SMILES string of the molecule is COc1ccccc1C(=O)N/N=C1\CCCc2oc(C(=O)N3CCCCC3)c(C)c21. The number of piperidine rings is 1. The van der Waals surface area contributed by atoms with E-state index >= 15 is 0 Å². The maximum absolute atomic E-state index is 13.0. The Balaban J connectivity index is 1.58. The summed E-state index contributed by atoms with van der Waals surface area (Å²) in [5.41, 5.74) is 5.49. The fourth-order valence-corrected chi connectivity index (χ4v) is 4.24. The maximum atomic E-state index is 13.0. The van der Waals surface area contributed by atoms with Gasteiger partial charge < -0.3 is 14.1 Å². The number of likely N-dealkylation sites (tertiary alicyclic amines) is 1. The molecule has 0 radical (unpaired) electrons. The number of amides is 2. The van der Waals surface area contributed by atoms with E-state index < -0.39 is 0 Å². The number of carbonyl (C=O) groups is 2. The van der Waals surface area contributed by atoms with Crippen molar-refractivity contribution >= 4 is 17.5 Å². The van der Waals surface area contributed by atoms with E-state index in [1.54, 1.807) is 18.2 Å². The summed E-state index contributed by atoms with van der Waals surface area (Å²) >= 11 is 0. The summed E-state index contributed by atoms with van der Waals surface area (Å²) in [6.45, 7) is 3.46. The molecule has 1 fully saturated rings. The van der Waals surface area contributed by atoms with Gasteiger partial charge in [-0.05, 0) is 51.2 Å². The largest absolute Gasteiger partial charge is 0.496 e. The molecule has 2 aromatic rings. The maximum Gasteiger partial charge on any atom is 0.289 e. The second-order valence-electron chi connectivity index (χ2n) is 7.76. The normalized spacial score (nSPS) is 17.5. The van der Waals surface area contributed by atoms with Crippen LogP contribution in [0, 0.1) is 6.92 Å². The molecule has 0 atom stereocenters. The molecule has 2 amide bonds. The second kappa shape index (κ2) is 8.73.